The molecular formula is C14H15N7O. The molecule has 3 aromatic rings. The van der Waals surface area contributed by atoms with Crippen LogP contribution in [0, 0.1) is 0 Å². The van der Waals surface area contributed by atoms with Crippen LogP contribution in [-0.2, 0) is 6.42 Å². The van der Waals surface area contributed by atoms with Crippen LogP contribution in [0.5, 0.6) is 0 Å². The van der Waals surface area contributed by atoms with Gasteiger partial charge in [0.15, 0.2) is 11.6 Å². The molecule has 0 amide bonds. The first-order valence-corrected chi connectivity index (χ1v) is 7.28. The van der Waals surface area contributed by atoms with Crippen LogP contribution in [-0.4, -0.2) is 37.9 Å². The van der Waals surface area contributed by atoms with E-state index < -0.39 is 0 Å². The third-order valence-electron chi connectivity index (χ3n) is 3.49. The van der Waals surface area contributed by atoms with E-state index in [1.54, 1.807) is 12.4 Å². The van der Waals surface area contributed by atoms with Crippen molar-refractivity contribution in [3.63, 3.8) is 0 Å². The van der Waals surface area contributed by atoms with Crippen molar-refractivity contribution in [1.82, 2.24) is 25.3 Å². The highest BCUT2D eigenvalue weighted by molar-refractivity contribution is 5.73. The number of nitrogens with one attached hydrogen (secondary N) is 2. The predicted molar refractivity (Wildman–Crippen MR) is 80.5 cm³/mol. The summed E-state index contributed by atoms with van der Waals surface area (Å²) in [4.78, 5) is 12.9. The fourth-order valence-electron chi connectivity index (χ4n) is 2.16. The second kappa shape index (κ2) is 5.55. The molecule has 0 radical (unpaired) electrons. The van der Waals surface area contributed by atoms with Crippen LogP contribution in [0.15, 0.2) is 29.2 Å². The van der Waals surface area contributed by atoms with Crippen LogP contribution in [0.2, 0.25) is 0 Å². The number of pyridine rings is 1. The van der Waals surface area contributed by atoms with Crippen LogP contribution in [0.25, 0.3) is 11.3 Å². The minimum atomic E-state index is 0.410. The third-order valence-corrected chi connectivity index (χ3v) is 3.49. The van der Waals surface area contributed by atoms with E-state index in [0.717, 1.165) is 25.8 Å². The fraction of sp³-hybridized carbons (Fsp3) is 0.357. The summed E-state index contributed by atoms with van der Waals surface area (Å²) in [5.41, 5.74) is 2.05. The van der Waals surface area contributed by atoms with Crippen LogP contribution in [0.1, 0.15) is 18.4 Å². The highest BCUT2D eigenvalue weighted by Crippen LogP contribution is 2.28. The van der Waals surface area contributed by atoms with Crippen molar-refractivity contribution in [2.24, 2.45) is 0 Å². The van der Waals surface area contributed by atoms with Gasteiger partial charge >= 0.3 is 0 Å². The summed E-state index contributed by atoms with van der Waals surface area (Å²) >= 11 is 0. The van der Waals surface area contributed by atoms with Crippen molar-refractivity contribution in [2.45, 2.75) is 25.3 Å². The molecule has 3 heterocycles. The highest BCUT2D eigenvalue weighted by Gasteiger charge is 2.24. The van der Waals surface area contributed by atoms with Crippen LogP contribution in [0.4, 0.5) is 11.6 Å². The Bertz CT molecular complexity index is 769. The molecular weight excluding hydrogens is 282 g/mol. The molecule has 1 aliphatic rings. The van der Waals surface area contributed by atoms with Gasteiger partial charge in [-0.05, 0) is 47.3 Å². The van der Waals surface area contributed by atoms with E-state index >= 15 is 0 Å². The number of rotatable bonds is 6. The van der Waals surface area contributed by atoms with Gasteiger partial charge in [0.1, 0.15) is 0 Å². The van der Waals surface area contributed by atoms with Crippen molar-refractivity contribution in [1.29, 1.82) is 0 Å². The zero-order chi connectivity index (χ0) is 14.8. The molecule has 22 heavy (non-hydrogen) atoms. The summed E-state index contributed by atoms with van der Waals surface area (Å²) < 4.78 is 4.68. The van der Waals surface area contributed by atoms with E-state index in [2.05, 4.69) is 40.5 Å². The van der Waals surface area contributed by atoms with E-state index in [1.807, 2.05) is 12.1 Å². The van der Waals surface area contributed by atoms with Gasteiger partial charge in [-0.25, -0.2) is 14.6 Å². The minimum Gasteiger partial charge on any atom is -0.367 e. The lowest BCUT2D eigenvalue weighted by Crippen LogP contribution is -2.12. The molecule has 8 heteroatoms. The topological polar surface area (TPSA) is 102 Å². The predicted octanol–water partition coefficient (Wildman–Crippen LogP) is 1.64. The first-order valence-electron chi connectivity index (χ1n) is 7.28. The maximum atomic E-state index is 4.68. The summed E-state index contributed by atoms with van der Waals surface area (Å²) in [6.07, 6.45) is 6.79. The highest BCUT2D eigenvalue weighted by atomic mass is 16.6. The summed E-state index contributed by atoms with van der Waals surface area (Å²) in [7, 11) is 0. The Hall–Kier alpha value is -2.77. The third kappa shape index (κ3) is 2.80. The first-order chi connectivity index (χ1) is 10.9. The number of fused-ring (bicyclic) bond motifs is 1. The molecule has 4 rings (SSSR count). The van der Waals surface area contributed by atoms with Gasteiger partial charge in [-0.3, -0.25) is 4.98 Å². The van der Waals surface area contributed by atoms with Crippen LogP contribution in [0.3, 0.4) is 0 Å². The summed E-state index contributed by atoms with van der Waals surface area (Å²) in [6.45, 7) is 0.745. The molecule has 0 aliphatic heterocycles. The fourth-order valence-corrected chi connectivity index (χ4v) is 2.16. The molecule has 0 spiro atoms. The largest absolute Gasteiger partial charge is 0.367 e. The van der Waals surface area contributed by atoms with Crippen molar-refractivity contribution in [3.8, 4) is 0 Å². The van der Waals surface area contributed by atoms with E-state index in [-0.39, 0.29) is 0 Å². The summed E-state index contributed by atoms with van der Waals surface area (Å²) in [6, 6.07) is 4.48. The van der Waals surface area contributed by atoms with Gasteiger partial charge in [-0.2, -0.15) is 0 Å². The molecule has 3 aromatic heterocycles. The van der Waals surface area contributed by atoms with Crippen molar-refractivity contribution in [3.05, 3.63) is 30.1 Å². The smallest absolute Gasteiger partial charge is 0.245 e. The maximum absolute atomic E-state index is 4.68. The van der Waals surface area contributed by atoms with Gasteiger partial charge in [-0.1, -0.05) is 0 Å². The number of hydrogen-bond acceptors (Lipinski definition) is 8. The lowest BCUT2D eigenvalue weighted by atomic mass is 10.2. The van der Waals surface area contributed by atoms with Gasteiger partial charge in [-0.15, -0.1) is 0 Å². The van der Waals surface area contributed by atoms with Crippen LogP contribution >= 0.6 is 0 Å². The number of aromatic nitrogens is 5. The lowest BCUT2D eigenvalue weighted by molar-refractivity contribution is 0.314. The Kier molecular flexibility index (Phi) is 3.26. The van der Waals surface area contributed by atoms with Crippen molar-refractivity contribution < 1.29 is 4.63 Å². The molecule has 1 aliphatic carbocycles. The van der Waals surface area contributed by atoms with Gasteiger partial charge in [0.25, 0.3) is 0 Å². The Labute approximate surface area is 126 Å². The zero-order valence-electron chi connectivity index (χ0n) is 11.9. The van der Waals surface area contributed by atoms with E-state index in [9.17, 15) is 0 Å². The van der Waals surface area contributed by atoms with Crippen LogP contribution < -0.4 is 10.6 Å². The molecule has 1 saturated carbocycles. The summed E-state index contributed by atoms with van der Waals surface area (Å²) in [5, 5.41) is 14.2. The Morgan fingerprint density at radius 3 is 2.50 bits per heavy atom. The Morgan fingerprint density at radius 2 is 1.77 bits per heavy atom. The van der Waals surface area contributed by atoms with E-state index in [1.165, 1.54) is 5.56 Å². The molecule has 0 saturated heterocycles. The number of hydrogen-bond donors (Lipinski definition) is 2. The normalized spacial score (nSPS) is 14.2. The minimum absolute atomic E-state index is 0.410. The molecule has 1 fully saturated rings. The SMILES string of the molecule is c1cc(CCNc2nc3nonc3nc2NC2CC2)ccn1. The van der Waals surface area contributed by atoms with Crippen molar-refractivity contribution >= 4 is 22.9 Å². The van der Waals surface area contributed by atoms with Crippen molar-refractivity contribution in [2.75, 3.05) is 17.2 Å². The Balaban J connectivity index is 1.51. The van der Waals surface area contributed by atoms with E-state index in [4.69, 9.17) is 0 Å². The van der Waals surface area contributed by atoms with Gasteiger partial charge in [0, 0.05) is 25.0 Å². The molecule has 8 nitrogen and oxygen atoms in total. The Morgan fingerprint density at radius 1 is 1.05 bits per heavy atom. The van der Waals surface area contributed by atoms with Gasteiger partial charge in [0.05, 0.1) is 0 Å². The quantitative estimate of drug-likeness (QED) is 0.708. The molecule has 0 atom stereocenters. The average molecular weight is 297 g/mol. The maximum Gasteiger partial charge on any atom is 0.245 e. The molecule has 0 aromatic carbocycles. The van der Waals surface area contributed by atoms with Gasteiger partial charge < -0.3 is 10.6 Å². The standard InChI is InChI=1S/C14H15N7O/c1-2-10(1)17-12-11(18-13-14(19-12)21-22-20-13)16-8-5-9-3-6-15-7-4-9/h3-4,6-7,10H,1-2,5,8H2,(H,16,18,20)(H,17,19,21). The number of anilines is 2. The van der Waals surface area contributed by atoms with E-state index in [0.29, 0.717) is 29.0 Å². The molecule has 0 bridgehead atoms. The second-order valence-electron chi connectivity index (χ2n) is 5.28. The second-order valence-corrected chi connectivity index (χ2v) is 5.28. The zero-order valence-corrected chi connectivity index (χ0v) is 11.9. The monoisotopic (exact) mass is 297 g/mol. The first kappa shape index (κ1) is 12.9. The molecule has 0 unspecified atom stereocenters. The van der Waals surface area contributed by atoms with Gasteiger partial charge in [0.2, 0.25) is 11.3 Å². The summed E-state index contributed by atoms with van der Waals surface area (Å²) in [5.74, 6) is 1.39. The molecule has 112 valence electrons. The lowest BCUT2D eigenvalue weighted by Gasteiger charge is -2.11. The molecule has 2 N–H and O–H groups in total. The number of nitrogens with zero attached hydrogens (tertiary/aromatic N) is 5. The average Bonchev–Trinajstić information content (AvgIpc) is 3.24.